The summed E-state index contributed by atoms with van der Waals surface area (Å²) in [6, 6.07) is 25.3. The number of alkyl halides is 1. The summed E-state index contributed by atoms with van der Waals surface area (Å²) in [6.07, 6.45) is 0. The van der Waals surface area contributed by atoms with Crippen molar-refractivity contribution in [2.45, 2.75) is 18.2 Å². The highest BCUT2D eigenvalue weighted by Gasteiger charge is 2.33. The quantitative estimate of drug-likeness (QED) is 0.350. The third-order valence-corrected chi connectivity index (χ3v) is 5.73. The summed E-state index contributed by atoms with van der Waals surface area (Å²) >= 11 is 10.3. The summed E-state index contributed by atoms with van der Waals surface area (Å²) in [5.41, 5.74) is 6.00. The molecule has 0 heterocycles. The lowest BCUT2D eigenvalue weighted by molar-refractivity contribution is 0.914. The molecule has 0 aromatic heterocycles. The van der Waals surface area contributed by atoms with E-state index in [-0.39, 0.29) is 0 Å². The Balaban J connectivity index is 2.24. The molecule has 0 bridgehead atoms. The van der Waals surface area contributed by atoms with E-state index in [1.54, 1.807) is 0 Å². The van der Waals surface area contributed by atoms with Crippen LogP contribution in [0.15, 0.2) is 72.8 Å². The molecule has 0 spiro atoms. The Bertz CT molecular complexity index is 759. The second-order valence-corrected chi connectivity index (χ2v) is 7.53. The smallest absolute Gasteiger partial charge is 0.0843 e. The van der Waals surface area contributed by atoms with Gasteiger partial charge in [0, 0.05) is 5.02 Å². The first-order valence-electron chi connectivity index (χ1n) is 7.59. The van der Waals surface area contributed by atoms with E-state index < -0.39 is 4.32 Å². The van der Waals surface area contributed by atoms with E-state index in [0.717, 1.165) is 10.6 Å². The Morgan fingerprint density at radius 2 is 1.17 bits per heavy atom. The zero-order valence-electron chi connectivity index (χ0n) is 13.2. The highest BCUT2D eigenvalue weighted by Crippen LogP contribution is 2.45. The maximum absolute atomic E-state index is 6.26. The maximum Gasteiger partial charge on any atom is 0.100 e. The highest BCUT2D eigenvalue weighted by atomic mass is 79.9. The summed E-state index contributed by atoms with van der Waals surface area (Å²) < 4.78 is -0.417. The zero-order chi connectivity index (χ0) is 16.4. The highest BCUT2D eigenvalue weighted by molar-refractivity contribution is 9.10. The minimum Gasteiger partial charge on any atom is -0.0843 e. The molecule has 0 fully saturated rings. The van der Waals surface area contributed by atoms with Gasteiger partial charge < -0.3 is 0 Å². The molecule has 3 rings (SSSR count). The first-order chi connectivity index (χ1) is 11.0. The van der Waals surface area contributed by atoms with E-state index in [2.05, 4.69) is 84.4 Å². The molecule has 0 amide bonds. The summed E-state index contributed by atoms with van der Waals surface area (Å²) in [6.45, 7) is 4.20. The molecule has 23 heavy (non-hydrogen) atoms. The van der Waals surface area contributed by atoms with Gasteiger partial charge in [-0.05, 0) is 42.7 Å². The van der Waals surface area contributed by atoms with E-state index in [4.69, 9.17) is 11.6 Å². The van der Waals surface area contributed by atoms with Crippen LogP contribution in [0.1, 0.15) is 27.8 Å². The van der Waals surface area contributed by atoms with Crippen LogP contribution < -0.4 is 0 Å². The van der Waals surface area contributed by atoms with Crippen LogP contribution in [0.2, 0.25) is 5.02 Å². The Labute approximate surface area is 151 Å². The number of halogens is 2. The number of rotatable bonds is 3. The zero-order valence-corrected chi connectivity index (χ0v) is 15.5. The van der Waals surface area contributed by atoms with Gasteiger partial charge in [-0.25, -0.2) is 0 Å². The third kappa shape index (κ3) is 3.22. The van der Waals surface area contributed by atoms with E-state index in [0.29, 0.717) is 0 Å². The SMILES string of the molecule is Cc1ccc(C(Br)(c2ccc(C)cc2)c2cccc(Cl)c2)cc1. The van der Waals surface area contributed by atoms with Gasteiger partial charge in [0.05, 0.1) is 0 Å². The van der Waals surface area contributed by atoms with Crippen molar-refractivity contribution in [2.24, 2.45) is 0 Å². The minimum absolute atomic E-state index is 0.417. The van der Waals surface area contributed by atoms with Crippen LogP contribution in [-0.2, 0) is 4.32 Å². The van der Waals surface area contributed by atoms with Gasteiger partial charge in [-0.3, -0.25) is 0 Å². The lowest BCUT2D eigenvalue weighted by Gasteiger charge is -2.30. The molecule has 0 radical (unpaired) electrons. The van der Waals surface area contributed by atoms with Gasteiger partial charge in [0.1, 0.15) is 4.32 Å². The van der Waals surface area contributed by atoms with Crippen molar-refractivity contribution in [3.63, 3.8) is 0 Å². The molecule has 3 aromatic carbocycles. The van der Waals surface area contributed by atoms with Crippen molar-refractivity contribution < 1.29 is 0 Å². The van der Waals surface area contributed by atoms with E-state index in [9.17, 15) is 0 Å². The van der Waals surface area contributed by atoms with E-state index >= 15 is 0 Å². The normalized spacial score (nSPS) is 11.5. The molecule has 2 heteroatoms. The van der Waals surface area contributed by atoms with Crippen molar-refractivity contribution in [3.8, 4) is 0 Å². The molecule has 0 saturated heterocycles. The first-order valence-corrected chi connectivity index (χ1v) is 8.76. The lowest BCUT2D eigenvalue weighted by atomic mass is 9.84. The van der Waals surface area contributed by atoms with Gasteiger partial charge in [0.2, 0.25) is 0 Å². The monoisotopic (exact) mass is 384 g/mol. The summed E-state index contributed by atoms with van der Waals surface area (Å²) in [4.78, 5) is 0. The fourth-order valence-corrected chi connectivity index (χ4v) is 3.73. The summed E-state index contributed by atoms with van der Waals surface area (Å²) in [5, 5.41) is 0.741. The van der Waals surface area contributed by atoms with Gasteiger partial charge in [-0.2, -0.15) is 0 Å². The van der Waals surface area contributed by atoms with Crippen LogP contribution in [0.3, 0.4) is 0 Å². The number of benzene rings is 3. The van der Waals surface area contributed by atoms with Gasteiger partial charge >= 0.3 is 0 Å². The average Bonchev–Trinajstić information content (AvgIpc) is 2.55. The molecule has 0 aliphatic carbocycles. The first kappa shape index (κ1) is 16.3. The van der Waals surface area contributed by atoms with Crippen molar-refractivity contribution in [1.29, 1.82) is 0 Å². The van der Waals surface area contributed by atoms with Crippen LogP contribution in [0, 0.1) is 13.8 Å². The van der Waals surface area contributed by atoms with Gasteiger partial charge in [0.15, 0.2) is 0 Å². The van der Waals surface area contributed by atoms with Crippen molar-refractivity contribution in [2.75, 3.05) is 0 Å². The summed E-state index contributed by atoms with van der Waals surface area (Å²) in [5.74, 6) is 0. The van der Waals surface area contributed by atoms with E-state index in [1.807, 2.05) is 18.2 Å². The van der Waals surface area contributed by atoms with Crippen molar-refractivity contribution in [3.05, 3.63) is 106 Å². The second kappa shape index (κ2) is 6.51. The Morgan fingerprint density at radius 1 is 0.696 bits per heavy atom. The molecule has 0 saturated carbocycles. The fraction of sp³-hybridized carbons (Fsp3) is 0.143. The molecular weight excluding hydrogens is 368 g/mol. The van der Waals surface area contributed by atoms with Crippen LogP contribution in [0.4, 0.5) is 0 Å². The predicted molar refractivity (Wildman–Crippen MR) is 103 cm³/mol. The Morgan fingerprint density at radius 3 is 1.61 bits per heavy atom. The van der Waals surface area contributed by atoms with Crippen molar-refractivity contribution in [1.82, 2.24) is 0 Å². The number of hydrogen-bond donors (Lipinski definition) is 0. The molecule has 3 aromatic rings. The largest absolute Gasteiger partial charge is 0.100 e. The molecule has 0 aliphatic rings. The third-order valence-electron chi connectivity index (χ3n) is 4.12. The van der Waals surface area contributed by atoms with Crippen LogP contribution in [0.25, 0.3) is 0 Å². The van der Waals surface area contributed by atoms with Gasteiger partial charge in [-0.1, -0.05) is 99.3 Å². The molecule has 0 aliphatic heterocycles. The molecule has 0 atom stereocenters. The predicted octanol–water partition coefficient (Wildman–Crippen LogP) is 6.64. The van der Waals surface area contributed by atoms with E-state index in [1.165, 1.54) is 22.3 Å². The number of aryl methyl sites for hydroxylation is 2. The average molecular weight is 386 g/mol. The van der Waals surface area contributed by atoms with Crippen LogP contribution >= 0.6 is 27.5 Å². The molecule has 0 unspecified atom stereocenters. The number of hydrogen-bond acceptors (Lipinski definition) is 0. The van der Waals surface area contributed by atoms with Gasteiger partial charge in [-0.15, -0.1) is 0 Å². The molecule has 0 nitrogen and oxygen atoms in total. The van der Waals surface area contributed by atoms with Crippen molar-refractivity contribution >= 4 is 27.5 Å². The Hall–Kier alpha value is -1.57. The summed E-state index contributed by atoms with van der Waals surface area (Å²) in [7, 11) is 0. The van der Waals surface area contributed by atoms with Gasteiger partial charge in [0.25, 0.3) is 0 Å². The minimum atomic E-state index is -0.417. The van der Waals surface area contributed by atoms with Crippen LogP contribution in [0.5, 0.6) is 0 Å². The second-order valence-electron chi connectivity index (χ2n) is 5.90. The maximum atomic E-state index is 6.26. The topological polar surface area (TPSA) is 0 Å². The lowest BCUT2D eigenvalue weighted by Crippen LogP contribution is -2.21. The molecular formula is C21H18BrCl. The molecule has 0 N–H and O–H groups in total. The van der Waals surface area contributed by atoms with Crippen LogP contribution in [-0.4, -0.2) is 0 Å². The Kier molecular flexibility index (Phi) is 4.61. The fourth-order valence-electron chi connectivity index (χ4n) is 2.77. The molecule has 116 valence electrons. The standard InChI is InChI=1S/C21H18BrCl/c1-15-6-10-17(11-7-15)21(22,18-12-8-16(2)9-13-18)19-4-3-5-20(23)14-19/h3-14H,1-2H3.